The van der Waals surface area contributed by atoms with Crippen LogP contribution in [0.4, 0.5) is 0 Å². The third-order valence-electron chi connectivity index (χ3n) is 2.35. The van der Waals surface area contributed by atoms with E-state index in [1.807, 2.05) is 33.0 Å². The first-order valence-corrected chi connectivity index (χ1v) is 4.90. The summed E-state index contributed by atoms with van der Waals surface area (Å²) < 4.78 is 10.8. The molecule has 80 valence electrons. The van der Waals surface area contributed by atoms with Crippen molar-refractivity contribution in [2.24, 2.45) is 0 Å². The minimum Gasteiger partial charge on any atom is -0.456 e. The third kappa shape index (κ3) is 1.94. The molecule has 2 aromatic rings. The summed E-state index contributed by atoms with van der Waals surface area (Å²) in [6, 6.07) is 3.92. The van der Waals surface area contributed by atoms with Crippen LogP contribution in [0.25, 0.3) is 11.7 Å². The minimum absolute atomic E-state index is 0.179. The van der Waals surface area contributed by atoms with E-state index in [9.17, 15) is 0 Å². The molecule has 0 aliphatic heterocycles. The fourth-order valence-corrected chi connectivity index (χ4v) is 1.30. The molecule has 0 radical (unpaired) electrons. The van der Waals surface area contributed by atoms with Gasteiger partial charge in [0, 0.05) is 6.04 Å². The van der Waals surface area contributed by atoms with E-state index in [1.165, 1.54) is 0 Å². The molecule has 0 fully saturated rings. The lowest BCUT2D eigenvalue weighted by Gasteiger charge is -2.03. The second kappa shape index (κ2) is 3.90. The van der Waals surface area contributed by atoms with Crippen LogP contribution in [0, 0.1) is 6.92 Å². The smallest absolute Gasteiger partial charge is 0.263 e. The number of aromatic nitrogens is 1. The molecule has 0 saturated carbocycles. The first-order chi connectivity index (χ1) is 7.20. The highest BCUT2D eigenvalue weighted by Crippen LogP contribution is 2.22. The quantitative estimate of drug-likeness (QED) is 0.838. The minimum atomic E-state index is 0.179. The molecule has 4 heteroatoms. The van der Waals surface area contributed by atoms with Crippen molar-refractivity contribution in [1.82, 2.24) is 10.3 Å². The van der Waals surface area contributed by atoms with Crippen molar-refractivity contribution < 1.29 is 8.83 Å². The van der Waals surface area contributed by atoms with Gasteiger partial charge in [0.1, 0.15) is 12.0 Å². The predicted octanol–water partition coefficient (Wildman–Crippen LogP) is 2.52. The van der Waals surface area contributed by atoms with Gasteiger partial charge in [0.15, 0.2) is 5.76 Å². The van der Waals surface area contributed by atoms with Gasteiger partial charge in [0.2, 0.25) is 0 Å². The summed E-state index contributed by atoms with van der Waals surface area (Å²) in [4.78, 5) is 4.34. The number of hydrogen-bond donors (Lipinski definition) is 1. The molecule has 0 amide bonds. The van der Waals surface area contributed by atoms with Gasteiger partial charge in [0.05, 0.1) is 5.69 Å². The molecule has 2 heterocycles. The SMILES string of the molecule is CNC(C)c1coc(-c2ccc(C)o2)n1. The summed E-state index contributed by atoms with van der Waals surface area (Å²) in [6.45, 7) is 3.92. The molecule has 0 spiro atoms. The van der Waals surface area contributed by atoms with E-state index in [0.717, 1.165) is 11.5 Å². The average molecular weight is 206 g/mol. The Morgan fingerprint density at radius 1 is 1.40 bits per heavy atom. The molecular formula is C11H14N2O2. The van der Waals surface area contributed by atoms with Gasteiger partial charge < -0.3 is 14.2 Å². The Kier molecular flexibility index (Phi) is 2.60. The molecule has 0 aliphatic rings. The van der Waals surface area contributed by atoms with E-state index in [-0.39, 0.29) is 6.04 Å². The van der Waals surface area contributed by atoms with E-state index < -0.39 is 0 Å². The molecule has 0 aliphatic carbocycles. The Bertz CT molecular complexity index is 445. The fraction of sp³-hybridized carbons (Fsp3) is 0.364. The Labute approximate surface area is 88.3 Å². The predicted molar refractivity (Wildman–Crippen MR) is 56.4 cm³/mol. The van der Waals surface area contributed by atoms with Crippen LogP contribution in [0.3, 0.4) is 0 Å². The first-order valence-electron chi connectivity index (χ1n) is 4.90. The lowest BCUT2D eigenvalue weighted by Crippen LogP contribution is -2.12. The van der Waals surface area contributed by atoms with Crippen molar-refractivity contribution >= 4 is 0 Å². The van der Waals surface area contributed by atoms with Crippen LogP contribution in [-0.4, -0.2) is 12.0 Å². The first kappa shape index (κ1) is 9.98. The van der Waals surface area contributed by atoms with Crippen molar-refractivity contribution in [3.63, 3.8) is 0 Å². The molecule has 0 aromatic carbocycles. The molecular weight excluding hydrogens is 192 g/mol. The normalized spacial score (nSPS) is 13.0. The second-order valence-corrected chi connectivity index (χ2v) is 3.50. The van der Waals surface area contributed by atoms with Gasteiger partial charge in [-0.1, -0.05) is 0 Å². The maximum atomic E-state index is 5.42. The summed E-state index contributed by atoms with van der Waals surface area (Å²) in [5.74, 6) is 2.05. The summed E-state index contributed by atoms with van der Waals surface area (Å²) in [6.07, 6.45) is 1.65. The molecule has 2 rings (SSSR count). The second-order valence-electron chi connectivity index (χ2n) is 3.50. The summed E-state index contributed by atoms with van der Waals surface area (Å²) in [5, 5.41) is 3.10. The number of aryl methyl sites for hydroxylation is 1. The molecule has 0 saturated heterocycles. The third-order valence-corrected chi connectivity index (χ3v) is 2.35. The zero-order valence-corrected chi connectivity index (χ0v) is 9.07. The fourth-order valence-electron chi connectivity index (χ4n) is 1.30. The van der Waals surface area contributed by atoms with Crippen LogP contribution >= 0.6 is 0 Å². The zero-order valence-electron chi connectivity index (χ0n) is 9.07. The Morgan fingerprint density at radius 3 is 2.80 bits per heavy atom. The number of nitrogens with zero attached hydrogens (tertiary/aromatic N) is 1. The lowest BCUT2D eigenvalue weighted by molar-refractivity contribution is 0.500. The van der Waals surface area contributed by atoms with Gasteiger partial charge in [-0.25, -0.2) is 4.98 Å². The van der Waals surface area contributed by atoms with Crippen molar-refractivity contribution in [2.75, 3.05) is 7.05 Å². The maximum Gasteiger partial charge on any atom is 0.263 e. The van der Waals surface area contributed by atoms with Gasteiger partial charge in [0.25, 0.3) is 5.89 Å². The van der Waals surface area contributed by atoms with Crippen LogP contribution in [0.15, 0.2) is 27.2 Å². The zero-order chi connectivity index (χ0) is 10.8. The van der Waals surface area contributed by atoms with Crippen LogP contribution in [0.2, 0.25) is 0 Å². The monoisotopic (exact) mass is 206 g/mol. The highest BCUT2D eigenvalue weighted by molar-refractivity contribution is 5.44. The molecule has 0 bridgehead atoms. The van der Waals surface area contributed by atoms with Crippen molar-refractivity contribution in [3.8, 4) is 11.7 Å². The number of nitrogens with one attached hydrogen (secondary N) is 1. The topological polar surface area (TPSA) is 51.2 Å². The van der Waals surface area contributed by atoms with Crippen molar-refractivity contribution in [3.05, 3.63) is 29.9 Å². The number of hydrogen-bond acceptors (Lipinski definition) is 4. The number of furan rings is 1. The molecule has 1 unspecified atom stereocenters. The Balaban J connectivity index is 2.27. The highest BCUT2D eigenvalue weighted by atomic mass is 16.4. The van der Waals surface area contributed by atoms with Gasteiger partial charge >= 0.3 is 0 Å². The molecule has 1 atom stereocenters. The highest BCUT2D eigenvalue weighted by Gasteiger charge is 2.13. The van der Waals surface area contributed by atoms with Gasteiger partial charge in [-0.15, -0.1) is 0 Å². The summed E-state index contributed by atoms with van der Waals surface area (Å²) in [5.41, 5.74) is 0.876. The average Bonchev–Trinajstić information content (AvgIpc) is 2.84. The van der Waals surface area contributed by atoms with E-state index >= 15 is 0 Å². The molecule has 1 N–H and O–H groups in total. The Hall–Kier alpha value is -1.55. The van der Waals surface area contributed by atoms with Crippen LogP contribution in [-0.2, 0) is 0 Å². The van der Waals surface area contributed by atoms with Crippen molar-refractivity contribution in [2.45, 2.75) is 19.9 Å². The van der Waals surface area contributed by atoms with E-state index in [2.05, 4.69) is 10.3 Å². The van der Waals surface area contributed by atoms with E-state index in [0.29, 0.717) is 11.7 Å². The van der Waals surface area contributed by atoms with E-state index in [4.69, 9.17) is 8.83 Å². The standard InChI is InChI=1S/C11H14N2O2/c1-7-4-5-10(15-7)11-13-9(6-14-11)8(2)12-3/h4-6,8,12H,1-3H3. The summed E-state index contributed by atoms with van der Waals surface area (Å²) >= 11 is 0. The molecule has 4 nitrogen and oxygen atoms in total. The lowest BCUT2D eigenvalue weighted by atomic mass is 10.3. The van der Waals surface area contributed by atoms with Crippen LogP contribution in [0.5, 0.6) is 0 Å². The van der Waals surface area contributed by atoms with Crippen molar-refractivity contribution in [1.29, 1.82) is 0 Å². The molecule has 15 heavy (non-hydrogen) atoms. The van der Waals surface area contributed by atoms with Crippen LogP contribution in [0.1, 0.15) is 24.4 Å². The molecule has 2 aromatic heterocycles. The van der Waals surface area contributed by atoms with Gasteiger partial charge in [-0.05, 0) is 33.0 Å². The van der Waals surface area contributed by atoms with E-state index in [1.54, 1.807) is 6.26 Å². The number of oxazole rings is 1. The number of rotatable bonds is 3. The Morgan fingerprint density at radius 2 is 2.20 bits per heavy atom. The largest absolute Gasteiger partial charge is 0.456 e. The maximum absolute atomic E-state index is 5.42. The van der Waals surface area contributed by atoms with Gasteiger partial charge in [-0.2, -0.15) is 0 Å². The van der Waals surface area contributed by atoms with Crippen LogP contribution < -0.4 is 5.32 Å². The van der Waals surface area contributed by atoms with Gasteiger partial charge in [-0.3, -0.25) is 0 Å². The summed E-state index contributed by atoms with van der Waals surface area (Å²) in [7, 11) is 1.88.